The van der Waals surface area contributed by atoms with Crippen molar-refractivity contribution in [2.75, 3.05) is 11.9 Å². The summed E-state index contributed by atoms with van der Waals surface area (Å²) in [7, 11) is 1.85. The van der Waals surface area contributed by atoms with E-state index in [4.69, 9.17) is 5.73 Å². The summed E-state index contributed by atoms with van der Waals surface area (Å²) in [6, 6.07) is 9.39. The Balaban J connectivity index is 0.000000166. The number of nitrogens with two attached hydrogens (primary N) is 1. The van der Waals surface area contributed by atoms with Crippen molar-refractivity contribution in [3.05, 3.63) is 76.3 Å². The molecule has 150 valence electrons. The molecule has 2 N–H and O–H groups in total. The number of halogens is 1. The van der Waals surface area contributed by atoms with Crippen molar-refractivity contribution in [2.24, 2.45) is 5.73 Å². The Labute approximate surface area is 177 Å². The van der Waals surface area contributed by atoms with Crippen LogP contribution in [-0.4, -0.2) is 33.8 Å². The molecule has 0 spiro atoms. The number of aryl methyl sites for hydroxylation is 1. The molecule has 29 heavy (non-hydrogen) atoms. The van der Waals surface area contributed by atoms with E-state index in [9.17, 15) is 9.59 Å². The molecule has 0 radical (unpaired) electrons. The molecule has 0 unspecified atom stereocenters. The average Bonchev–Trinajstić information content (AvgIpc) is 3.13. The molecule has 2 amide bonds. The molecular weight excluding hydrogens is 434 g/mol. The summed E-state index contributed by atoms with van der Waals surface area (Å²) in [5.41, 5.74) is 9.38. The molecule has 3 aromatic rings. The first kappa shape index (κ1) is 20.7. The maximum absolute atomic E-state index is 11.6. The van der Waals surface area contributed by atoms with Crippen LogP contribution in [0.2, 0.25) is 0 Å². The number of carbonyl (C=O) groups excluding carboxylic acids is 2. The summed E-state index contributed by atoms with van der Waals surface area (Å²) >= 11 is 3.43. The Kier molecular flexibility index (Phi) is 6.77. The summed E-state index contributed by atoms with van der Waals surface area (Å²) < 4.78 is 2.14. The monoisotopic (exact) mass is 455 g/mol. The number of anilines is 1. The number of carbonyl (C=O) groups is 2. The number of benzene rings is 1. The van der Waals surface area contributed by atoms with Gasteiger partial charge in [0.05, 0.1) is 6.20 Å². The summed E-state index contributed by atoms with van der Waals surface area (Å²) in [6.45, 7) is 0. The van der Waals surface area contributed by atoms with Gasteiger partial charge < -0.3 is 10.6 Å². The van der Waals surface area contributed by atoms with Crippen LogP contribution in [0, 0.1) is 0 Å². The Morgan fingerprint density at radius 3 is 2.72 bits per heavy atom. The summed E-state index contributed by atoms with van der Waals surface area (Å²) in [6.07, 6.45) is 10.0. The molecule has 0 saturated heterocycles. The van der Waals surface area contributed by atoms with E-state index < -0.39 is 6.03 Å². The number of fused-ring (bicyclic) bond motifs is 1. The molecule has 8 heteroatoms. The molecule has 1 aromatic carbocycles. The lowest BCUT2D eigenvalue weighted by molar-refractivity contribution is -0.118. The smallest absolute Gasteiger partial charge is 0.339 e. The topological polar surface area (TPSA) is 94.1 Å². The van der Waals surface area contributed by atoms with Crippen LogP contribution in [0.15, 0.2) is 59.6 Å². The van der Waals surface area contributed by atoms with Crippen molar-refractivity contribution >= 4 is 33.6 Å². The second kappa shape index (κ2) is 9.47. The van der Waals surface area contributed by atoms with Gasteiger partial charge in [0, 0.05) is 48.6 Å². The van der Waals surface area contributed by atoms with Gasteiger partial charge in [0.1, 0.15) is 0 Å². The van der Waals surface area contributed by atoms with Crippen LogP contribution in [0.4, 0.5) is 10.5 Å². The van der Waals surface area contributed by atoms with Crippen LogP contribution < -0.4 is 10.6 Å². The van der Waals surface area contributed by atoms with Gasteiger partial charge in [-0.15, -0.1) is 0 Å². The molecule has 4 rings (SSSR count). The molecule has 7 nitrogen and oxygen atoms in total. The second-order valence-electron chi connectivity index (χ2n) is 6.75. The van der Waals surface area contributed by atoms with Crippen LogP contribution in [0.25, 0.3) is 0 Å². The fourth-order valence-electron chi connectivity index (χ4n) is 3.10. The van der Waals surface area contributed by atoms with E-state index in [-0.39, 0.29) is 5.91 Å². The lowest BCUT2D eigenvalue weighted by Gasteiger charge is -2.17. The van der Waals surface area contributed by atoms with E-state index in [1.165, 1.54) is 5.56 Å². The summed E-state index contributed by atoms with van der Waals surface area (Å²) in [4.78, 5) is 28.1. The van der Waals surface area contributed by atoms with Gasteiger partial charge in [-0.05, 0) is 47.7 Å². The largest absolute Gasteiger partial charge is 0.350 e. The van der Waals surface area contributed by atoms with E-state index in [1.54, 1.807) is 29.7 Å². The third kappa shape index (κ3) is 5.51. The Morgan fingerprint density at radius 2 is 2.03 bits per heavy atom. The number of primary amides is 1. The lowest BCUT2D eigenvalue weighted by Crippen LogP contribution is -2.24. The standard InChI is InChI=1S/C11H12BrNO.C10H10N4O/c1-13-10-7-9(12)6-5-8(10)3-2-4-11(13)14;11-10(15)14-7-9(6-13-14)4-8-2-1-3-12-5-8/h5-7H,2-4H2,1H3;1-3,5-7H,4H2,(H2,11,15). The molecule has 0 bridgehead atoms. The minimum absolute atomic E-state index is 0.210. The zero-order valence-corrected chi connectivity index (χ0v) is 17.7. The highest BCUT2D eigenvalue weighted by atomic mass is 79.9. The van der Waals surface area contributed by atoms with Crippen molar-refractivity contribution < 1.29 is 9.59 Å². The maximum Gasteiger partial charge on any atom is 0.339 e. The van der Waals surface area contributed by atoms with E-state index >= 15 is 0 Å². The van der Waals surface area contributed by atoms with Crippen LogP contribution >= 0.6 is 15.9 Å². The van der Waals surface area contributed by atoms with E-state index in [0.717, 1.165) is 38.8 Å². The van der Waals surface area contributed by atoms with Gasteiger partial charge in [-0.3, -0.25) is 9.78 Å². The molecule has 0 fully saturated rings. The Bertz CT molecular complexity index is 1000. The number of pyridine rings is 1. The Hall–Kier alpha value is -3.00. The second-order valence-corrected chi connectivity index (χ2v) is 7.66. The molecule has 2 aromatic heterocycles. The number of aromatic nitrogens is 3. The van der Waals surface area contributed by atoms with Gasteiger partial charge in [0.2, 0.25) is 5.91 Å². The van der Waals surface area contributed by atoms with Gasteiger partial charge in [-0.1, -0.05) is 28.1 Å². The average molecular weight is 456 g/mol. The van der Waals surface area contributed by atoms with Crippen molar-refractivity contribution in [2.45, 2.75) is 25.7 Å². The molecule has 3 heterocycles. The van der Waals surface area contributed by atoms with Crippen molar-refractivity contribution in [3.63, 3.8) is 0 Å². The molecule has 0 aliphatic carbocycles. The van der Waals surface area contributed by atoms with Gasteiger partial charge in [0.15, 0.2) is 0 Å². The first-order valence-electron chi connectivity index (χ1n) is 9.21. The fourth-order valence-corrected chi connectivity index (χ4v) is 3.45. The van der Waals surface area contributed by atoms with Crippen LogP contribution in [0.1, 0.15) is 29.5 Å². The first-order valence-corrected chi connectivity index (χ1v) is 10.0. The van der Waals surface area contributed by atoms with Gasteiger partial charge in [-0.2, -0.15) is 9.78 Å². The summed E-state index contributed by atoms with van der Waals surface area (Å²) in [5, 5.41) is 3.83. The minimum Gasteiger partial charge on any atom is -0.350 e. The van der Waals surface area contributed by atoms with Crippen molar-refractivity contribution in [1.82, 2.24) is 14.8 Å². The lowest BCUT2D eigenvalue weighted by atomic mass is 10.1. The Morgan fingerprint density at radius 1 is 1.21 bits per heavy atom. The normalized spacial score (nSPS) is 13.2. The van der Waals surface area contributed by atoms with E-state index in [0.29, 0.717) is 12.8 Å². The maximum atomic E-state index is 11.6. The van der Waals surface area contributed by atoms with Crippen molar-refractivity contribution in [1.29, 1.82) is 0 Å². The highest BCUT2D eigenvalue weighted by Crippen LogP contribution is 2.28. The highest BCUT2D eigenvalue weighted by Gasteiger charge is 2.18. The number of rotatable bonds is 2. The number of amides is 2. The van der Waals surface area contributed by atoms with E-state index in [1.807, 2.05) is 31.3 Å². The third-order valence-corrected chi connectivity index (χ3v) is 5.11. The SMILES string of the molecule is CN1C(=O)CCCc2ccc(Br)cc21.NC(=O)n1cc(Cc2cccnc2)cn1. The molecular formula is C21H22BrN5O2. The highest BCUT2D eigenvalue weighted by molar-refractivity contribution is 9.10. The molecule has 1 aliphatic rings. The van der Waals surface area contributed by atoms with Gasteiger partial charge in [0.25, 0.3) is 0 Å². The number of nitrogens with zero attached hydrogens (tertiary/aromatic N) is 4. The zero-order valence-electron chi connectivity index (χ0n) is 16.1. The van der Waals surface area contributed by atoms with E-state index in [2.05, 4.69) is 32.1 Å². The van der Waals surface area contributed by atoms with Gasteiger partial charge >= 0.3 is 6.03 Å². The zero-order chi connectivity index (χ0) is 20.8. The summed E-state index contributed by atoms with van der Waals surface area (Å²) in [5.74, 6) is 0.210. The predicted molar refractivity (Wildman–Crippen MR) is 115 cm³/mol. The first-order chi connectivity index (χ1) is 13.9. The van der Waals surface area contributed by atoms with Gasteiger partial charge in [-0.25, -0.2) is 4.79 Å². The molecule has 0 atom stereocenters. The molecule has 0 saturated carbocycles. The van der Waals surface area contributed by atoms with Crippen LogP contribution in [0.3, 0.4) is 0 Å². The number of hydrogen-bond donors (Lipinski definition) is 1. The minimum atomic E-state index is -0.576. The van der Waals surface area contributed by atoms with Crippen LogP contribution in [0.5, 0.6) is 0 Å². The third-order valence-electron chi connectivity index (χ3n) is 4.61. The van der Waals surface area contributed by atoms with Crippen LogP contribution in [-0.2, 0) is 17.6 Å². The fraction of sp³-hybridized carbons (Fsp3) is 0.238. The predicted octanol–water partition coefficient (Wildman–Crippen LogP) is 3.54. The molecule has 1 aliphatic heterocycles. The van der Waals surface area contributed by atoms with Crippen molar-refractivity contribution in [3.8, 4) is 0 Å². The quantitative estimate of drug-likeness (QED) is 0.638. The number of hydrogen-bond acceptors (Lipinski definition) is 4.